The first-order valence-corrected chi connectivity index (χ1v) is 29.3. The van der Waals surface area contributed by atoms with Crippen molar-refractivity contribution in [3.05, 3.63) is 0 Å². The molecule has 0 spiro atoms. The molecule has 4 N–H and O–H groups in total. The van der Waals surface area contributed by atoms with Gasteiger partial charge in [0.2, 0.25) is 5.91 Å². The fourth-order valence-electron chi connectivity index (χ4n) is 9.70. The van der Waals surface area contributed by atoms with E-state index in [0.29, 0.717) is 12.8 Å². The first kappa shape index (κ1) is 62.4. The van der Waals surface area contributed by atoms with E-state index in [2.05, 4.69) is 19.2 Å². The van der Waals surface area contributed by atoms with Gasteiger partial charge in [0.15, 0.2) is 0 Å². The van der Waals surface area contributed by atoms with E-state index < -0.39 is 18.2 Å². The smallest absolute Gasteiger partial charge is 0.220 e. The molecular formula is C58H117NO4. The van der Waals surface area contributed by atoms with E-state index in [9.17, 15) is 20.1 Å². The van der Waals surface area contributed by atoms with Crippen LogP contribution in [0.1, 0.15) is 341 Å². The number of carbonyl (C=O) groups is 1. The van der Waals surface area contributed by atoms with E-state index in [4.69, 9.17) is 0 Å². The van der Waals surface area contributed by atoms with Gasteiger partial charge in [-0.3, -0.25) is 4.79 Å². The molecule has 0 aromatic heterocycles. The van der Waals surface area contributed by atoms with E-state index >= 15 is 0 Å². The van der Waals surface area contributed by atoms with E-state index in [1.807, 2.05) is 0 Å². The Morgan fingerprint density at radius 3 is 0.762 bits per heavy atom. The van der Waals surface area contributed by atoms with Gasteiger partial charge < -0.3 is 20.6 Å². The fourth-order valence-corrected chi connectivity index (χ4v) is 9.70. The Morgan fingerprint density at radius 2 is 0.540 bits per heavy atom. The molecule has 0 aliphatic rings. The summed E-state index contributed by atoms with van der Waals surface area (Å²) < 4.78 is 0. The molecule has 0 rings (SSSR count). The summed E-state index contributed by atoms with van der Waals surface area (Å²) in [5.41, 5.74) is 0. The molecule has 0 aromatic carbocycles. The zero-order valence-electron chi connectivity index (χ0n) is 43.3. The normalized spacial score (nSPS) is 13.2. The minimum Gasteiger partial charge on any atom is -0.394 e. The van der Waals surface area contributed by atoms with Crippen molar-refractivity contribution >= 4 is 5.91 Å². The molecule has 0 radical (unpaired) electrons. The molecule has 0 bridgehead atoms. The molecule has 0 aromatic rings. The highest BCUT2D eigenvalue weighted by atomic mass is 16.3. The van der Waals surface area contributed by atoms with E-state index in [1.54, 1.807) is 0 Å². The molecule has 0 aliphatic carbocycles. The van der Waals surface area contributed by atoms with Crippen LogP contribution >= 0.6 is 0 Å². The SMILES string of the molecule is CCCCCCCCCCCCCCCCCCCCCCCCCCCCCCCCCCCCC(=O)N[C@@H](CO)[C@H](O)[C@H](O)CCCCCCCCCCCCCCCCC. The second kappa shape index (κ2) is 54.0. The number of aliphatic hydroxyl groups excluding tert-OH is 3. The molecular weight excluding hydrogens is 775 g/mol. The Bertz CT molecular complexity index is 853. The molecule has 0 saturated carbocycles. The van der Waals surface area contributed by atoms with Crippen LogP contribution in [0, 0.1) is 0 Å². The molecule has 1 amide bonds. The van der Waals surface area contributed by atoms with Gasteiger partial charge in [-0.25, -0.2) is 0 Å². The number of rotatable bonds is 55. The van der Waals surface area contributed by atoms with Crippen molar-refractivity contribution in [2.24, 2.45) is 0 Å². The number of carbonyl (C=O) groups excluding carboxylic acids is 1. The Labute approximate surface area is 396 Å². The highest BCUT2D eigenvalue weighted by Gasteiger charge is 2.26. The van der Waals surface area contributed by atoms with Crippen LogP contribution in [0.4, 0.5) is 0 Å². The molecule has 63 heavy (non-hydrogen) atoms. The van der Waals surface area contributed by atoms with Gasteiger partial charge in [0.05, 0.1) is 18.8 Å². The van der Waals surface area contributed by atoms with Crippen LogP contribution in [0.15, 0.2) is 0 Å². The van der Waals surface area contributed by atoms with Gasteiger partial charge in [-0.2, -0.15) is 0 Å². The van der Waals surface area contributed by atoms with E-state index in [1.165, 1.54) is 283 Å². The lowest BCUT2D eigenvalue weighted by molar-refractivity contribution is -0.124. The van der Waals surface area contributed by atoms with Crippen LogP contribution < -0.4 is 5.32 Å². The van der Waals surface area contributed by atoms with Crippen LogP contribution in [-0.2, 0) is 4.79 Å². The van der Waals surface area contributed by atoms with Gasteiger partial charge >= 0.3 is 0 Å². The average Bonchev–Trinajstić information content (AvgIpc) is 3.29. The Morgan fingerprint density at radius 1 is 0.333 bits per heavy atom. The summed E-state index contributed by atoms with van der Waals surface area (Å²) in [6.07, 6.45) is 65.7. The van der Waals surface area contributed by atoms with Gasteiger partial charge in [-0.1, -0.05) is 322 Å². The summed E-state index contributed by atoms with van der Waals surface area (Å²) in [7, 11) is 0. The Hall–Kier alpha value is -0.650. The minimum absolute atomic E-state index is 0.136. The highest BCUT2D eigenvalue weighted by molar-refractivity contribution is 5.76. The molecule has 5 heteroatoms. The van der Waals surface area contributed by atoms with Gasteiger partial charge in [-0.15, -0.1) is 0 Å². The zero-order valence-corrected chi connectivity index (χ0v) is 43.3. The second-order valence-electron chi connectivity index (χ2n) is 20.6. The van der Waals surface area contributed by atoms with Gasteiger partial charge in [0.1, 0.15) is 6.10 Å². The summed E-state index contributed by atoms with van der Waals surface area (Å²) >= 11 is 0. The molecule has 0 heterocycles. The highest BCUT2D eigenvalue weighted by Crippen LogP contribution is 2.19. The van der Waals surface area contributed by atoms with Crippen molar-refractivity contribution in [2.45, 2.75) is 360 Å². The summed E-state index contributed by atoms with van der Waals surface area (Å²) in [6, 6.07) is -0.804. The van der Waals surface area contributed by atoms with Crippen LogP contribution in [0.3, 0.4) is 0 Å². The van der Waals surface area contributed by atoms with Crippen LogP contribution in [0.2, 0.25) is 0 Å². The van der Waals surface area contributed by atoms with Gasteiger partial charge in [0.25, 0.3) is 0 Å². The summed E-state index contributed by atoms with van der Waals surface area (Å²) in [5, 5.41) is 33.7. The second-order valence-corrected chi connectivity index (χ2v) is 20.6. The number of amides is 1. The van der Waals surface area contributed by atoms with E-state index in [0.717, 1.165) is 32.1 Å². The maximum Gasteiger partial charge on any atom is 0.220 e. The van der Waals surface area contributed by atoms with Crippen LogP contribution in [0.25, 0.3) is 0 Å². The summed E-state index contributed by atoms with van der Waals surface area (Å²) in [6.45, 7) is 4.22. The van der Waals surface area contributed by atoms with Crippen LogP contribution in [0.5, 0.6) is 0 Å². The van der Waals surface area contributed by atoms with Gasteiger partial charge in [0, 0.05) is 6.42 Å². The Balaban J connectivity index is 3.42. The van der Waals surface area contributed by atoms with Gasteiger partial charge in [-0.05, 0) is 12.8 Å². The maximum atomic E-state index is 12.5. The monoisotopic (exact) mass is 892 g/mol. The largest absolute Gasteiger partial charge is 0.394 e. The van der Waals surface area contributed by atoms with Crippen molar-refractivity contribution in [1.29, 1.82) is 0 Å². The van der Waals surface area contributed by atoms with E-state index in [-0.39, 0.29) is 12.5 Å². The summed E-state index contributed by atoms with van der Waals surface area (Å²) in [4.78, 5) is 12.5. The quantitative estimate of drug-likeness (QED) is 0.0458. The minimum atomic E-state index is -1.13. The van der Waals surface area contributed by atoms with Crippen molar-refractivity contribution < 1.29 is 20.1 Å². The number of hydrogen-bond acceptors (Lipinski definition) is 4. The zero-order chi connectivity index (χ0) is 45.8. The molecule has 3 atom stereocenters. The summed E-state index contributed by atoms with van der Waals surface area (Å²) in [5.74, 6) is -0.136. The van der Waals surface area contributed by atoms with Crippen molar-refractivity contribution in [1.82, 2.24) is 5.32 Å². The lowest BCUT2D eigenvalue weighted by Gasteiger charge is -2.26. The Kier molecular flexibility index (Phi) is 53.4. The van der Waals surface area contributed by atoms with Crippen molar-refractivity contribution in [3.63, 3.8) is 0 Å². The van der Waals surface area contributed by atoms with Crippen molar-refractivity contribution in [2.75, 3.05) is 6.61 Å². The average molecular weight is 893 g/mol. The van der Waals surface area contributed by atoms with Crippen LogP contribution in [-0.4, -0.2) is 46.1 Å². The number of unbranched alkanes of at least 4 members (excludes halogenated alkanes) is 47. The molecule has 0 aliphatic heterocycles. The number of aliphatic hydroxyl groups is 3. The molecule has 378 valence electrons. The third kappa shape index (κ3) is 49.1. The molecule has 5 nitrogen and oxygen atoms in total. The molecule has 0 unspecified atom stereocenters. The number of nitrogens with one attached hydrogen (secondary N) is 1. The predicted octanol–water partition coefficient (Wildman–Crippen LogP) is 18.1. The first-order chi connectivity index (χ1) is 31.1. The molecule has 0 saturated heterocycles. The third-order valence-corrected chi connectivity index (χ3v) is 14.2. The lowest BCUT2D eigenvalue weighted by atomic mass is 9.99. The lowest BCUT2D eigenvalue weighted by Crippen LogP contribution is -2.50. The number of hydrogen-bond donors (Lipinski definition) is 4. The fraction of sp³-hybridized carbons (Fsp3) is 0.983. The predicted molar refractivity (Wildman–Crippen MR) is 278 cm³/mol. The third-order valence-electron chi connectivity index (χ3n) is 14.2. The molecule has 0 fully saturated rings. The maximum absolute atomic E-state index is 12.5. The first-order valence-electron chi connectivity index (χ1n) is 29.3. The standard InChI is InChI=1S/C58H117NO4/c1-3-5-7-9-11-13-15-17-19-20-21-22-23-24-25-26-27-28-29-30-31-32-33-34-35-36-37-39-41-43-45-47-49-51-53-57(62)59-55(54-60)58(63)56(61)52-50-48-46-44-42-40-38-18-16-14-12-10-8-6-4-2/h55-56,58,60-61,63H,3-54H2,1-2H3,(H,59,62)/t55-,56+,58-/m0/s1. The topological polar surface area (TPSA) is 89.8 Å². The van der Waals surface area contributed by atoms with Crippen molar-refractivity contribution in [3.8, 4) is 0 Å².